The molecule has 0 aliphatic heterocycles. The Morgan fingerprint density at radius 2 is 1.93 bits per heavy atom. The highest BCUT2D eigenvalue weighted by molar-refractivity contribution is 6.55. The second-order valence-electron chi connectivity index (χ2n) is 4.58. The molecule has 2 atom stereocenters. The Morgan fingerprint density at radius 1 is 1.40 bits per heavy atom. The van der Waals surface area contributed by atoms with E-state index in [0.717, 1.165) is 0 Å². The van der Waals surface area contributed by atoms with Gasteiger partial charge >= 0.3 is 5.97 Å². The largest absolute Gasteiger partial charge is 0.466 e. The number of allylic oxidation sites excluding steroid dienone is 1. The van der Waals surface area contributed by atoms with Crippen LogP contribution in [0.5, 0.6) is 0 Å². The van der Waals surface area contributed by atoms with Gasteiger partial charge in [0.2, 0.25) is 0 Å². The highest BCUT2D eigenvalue weighted by Crippen LogP contribution is 2.70. The zero-order valence-corrected chi connectivity index (χ0v) is 10.9. The van der Waals surface area contributed by atoms with Gasteiger partial charge in [0.1, 0.15) is 4.49 Å². The minimum absolute atomic E-state index is 0.0500. The molecule has 2 unspecified atom stereocenters. The highest BCUT2D eigenvalue weighted by atomic mass is 35.5. The third-order valence-corrected chi connectivity index (χ3v) is 3.90. The van der Waals surface area contributed by atoms with Gasteiger partial charge in [0.25, 0.3) is 0 Å². The van der Waals surface area contributed by atoms with Crippen molar-refractivity contribution in [3.05, 3.63) is 10.6 Å². The second-order valence-corrected chi connectivity index (χ2v) is 5.59. The average Bonchev–Trinajstić information content (AvgIpc) is 2.51. The van der Waals surface area contributed by atoms with E-state index in [2.05, 4.69) is 0 Å². The van der Waals surface area contributed by atoms with E-state index in [0.29, 0.717) is 6.61 Å². The van der Waals surface area contributed by atoms with Gasteiger partial charge in [-0.2, -0.15) is 0 Å². The van der Waals surface area contributed by atoms with Gasteiger partial charge in [0, 0.05) is 5.92 Å². The molecule has 2 nitrogen and oxygen atoms in total. The fourth-order valence-corrected chi connectivity index (χ4v) is 2.45. The summed E-state index contributed by atoms with van der Waals surface area (Å²) in [7, 11) is 0. The lowest BCUT2D eigenvalue weighted by atomic mass is 9.99. The van der Waals surface area contributed by atoms with E-state index in [1.807, 2.05) is 20.8 Å². The Bertz CT molecular complexity index is 306. The SMILES string of the molecule is CCOC(=O)C1(C)C(C=C(Cl)Cl)C1(C)C. The number of hydrogen-bond acceptors (Lipinski definition) is 2. The van der Waals surface area contributed by atoms with Gasteiger partial charge < -0.3 is 4.74 Å². The van der Waals surface area contributed by atoms with E-state index in [1.54, 1.807) is 13.0 Å². The van der Waals surface area contributed by atoms with Crippen molar-refractivity contribution in [2.45, 2.75) is 27.7 Å². The average molecular weight is 251 g/mol. The van der Waals surface area contributed by atoms with Gasteiger partial charge in [-0.15, -0.1) is 0 Å². The minimum atomic E-state index is -0.502. The normalized spacial score (nSPS) is 32.0. The molecule has 0 aromatic heterocycles. The molecule has 4 heteroatoms. The molecule has 1 rings (SSSR count). The predicted molar refractivity (Wildman–Crippen MR) is 61.8 cm³/mol. The van der Waals surface area contributed by atoms with E-state index < -0.39 is 5.41 Å². The van der Waals surface area contributed by atoms with Crippen LogP contribution in [-0.2, 0) is 9.53 Å². The molecule has 0 radical (unpaired) electrons. The maximum Gasteiger partial charge on any atom is 0.312 e. The van der Waals surface area contributed by atoms with Gasteiger partial charge in [0.15, 0.2) is 0 Å². The van der Waals surface area contributed by atoms with E-state index in [4.69, 9.17) is 27.9 Å². The van der Waals surface area contributed by atoms with Crippen LogP contribution < -0.4 is 0 Å². The first-order valence-corrected chi connectivity index (χ1v) is 5.74. The highest BCUT2D eigenvalue weighted by Gasteiger charge is 2.72. The molecular formula is C11H16Cl2O2. The lowest BCUT2D eigenvalue weighted by Gasteiger charge is -2.12. The molecule has 0 amide bonds. The van der Waals surface area contributed by atoms with Crippen LogP contribution >= 0.6 is 23.2 Å². The van der Waals surface area contributed by atoms with Crippen molar-refractivity contribution in [2.75, 3.05) is 6.61 Å². The third kappa shape index (κ3) is 1.90. The summed E-state index contributed by atoms with van der Waals surface area (Å²) in [6.45, 7) is 8.12. The van der Waals surface area contributed by atoms with Gasteiger partial charge in [-0.1, -0.05) is 37.0 Å². The number of halogens is 2. The van der Waals surface area contributed by atoms with Crippen LogP contribution in [0.1, 0.15) is 27.7 Å². The van der Waals surface area contributed by atoms with Crippen LogP contribution in [0.2, 0.25) is 0 Å². The number of carbonyl (C=O) groups is 1. The molecule has 0 N–H and O–H groups in total. The molecule has 15 heavy (non-hydrogen) atoms. The molecule has 0 bridgehead atoms. The standard InChI is InChI=1S/C11H16Cl2O2/c1-5-15-9(14)11(4)7(6-8(12)13)10(11,2)3/h6-7H,5H2,1-4H3. The molecule has 1 fully saturated rings. The number of ether oxygens (including phenoxy) is 1. The fourth-order valence-electron chi connectivity index (χ4n) is 2.20. The van der Waals surface area contributed by atoms with Crippen molar-refractivity contribution in [3.63, 3.8) is 0 Å². The van der Waals surface area contributed by atoms with E-state index >= 15 is 0 Å². The van der Waals surface area contributed by atoms with Crippen molar-refractivity contribution in [1.29, 1.82) is 0 Å². The Morgan fingerprint density at radius 3 is 2.33 bits per heavy atom. The lowest BCUT2D eigenvalue weighted by Crippen LogP contribution is -2.21. The molecule has 0 aromatic rings. The number of esters is 1. The van der Waals surface area contributed by atoms with Crippen LogP contribution in [0.15, 0.2) is 10.6 Å². The zero-order chi connectivity index (χ0) is 11.9. The maximum absolute atomic E-state index is 11.8. The van der Waals surface area contributed by atoms with Crippen molar-refractivity contribution in [2.24, 2.45) is 16.7 Å². The quantitative estimate of drug-likeness (QED) is 0.717. The maximum atomic E-state index is 11.8. The number of carbonyl (C=O) groups excluding carboxylic acids is 1. The molecule has 1 aliphatic carbocycles. The van der Waals surface area contributed by atoms with Crippen LogP contribution in [0.25, 0.3) is 0 Å². The first-order valence-electron chi connectivity index (χ1n) is 4.98. The Kier molecular flexibility index (Phi) is 3.42. The Hall–Kier alpha value is -0.210. The molecule has 1 aliphatic rings. The van der Waals surface area contributed by atoms with Crippen LogP contribution in [-0.4, -0.2) is 12.6 Å². The first kappa shape index (κ1) is 12.9. The van der Waals surface area contributed by atoms with Crippen molar-refractivity contribution < 1.29 is 9.53 Å². The smallest absolute Gasteiger partial charge is 0.312 e. The van der Waals surface area contributed by atoms with E-state index in [1.165, 1.54) is 0 Å². The van der Waals surface area contributed by atoms with Crippen molar-refractivity contribution in [3.8, 4) is 0 Å². The lowest BCUT2D eigenvalue weighted by molar-refractivity contribution is -0.150. The van der Waals surface area contributed by atoms with Gasteiger partial charge in [-0.25, -0.2) is 0 Å². The van der Waals surface area contributed by atoms with Crippen molar-refractivity contribution >= 4 is 29.2 Å². The van der Waals surface area contributed by atoms with Gasteiger partial charge in [0.05, 0.1) is 12.0 Å². The van der Waals surface area contributed by atoms with E-state index in [-0.39, 0.29) is 21.8 Å². The minimum Gasteiger partial charge on any atom is -0.466 e. The molecule has 86 valence electrons. The molecule has 0 aromatic carbocycles. The molecule has 0 spiro atoms. The summed E-state index contributed by atoms with van der Waals surface area (Å²) in [5.74, 6) is -0.125. The van der Waals surface area contributed by atoms with Crippen LogP contribution in [0.4, 0.5) is 0 Å². The number of rotatable bonds is 3. The fraction of sp³-hybridized carbons (Fsp3) is 0.727. The first-order chi connectivity index (χ1) is 6.78. The Labute approximate surface area is 101 Å². The topological polar surface area (TPSA) is 26.3 Å². The number of hydrogen-bond donors (Lipinski definition) is 0. The summed E-state index contributed by atoms with van der Waals surface area (Å²) in [6, 6.07) is 0. The monoisotopic (exact) mass is 250 g/mol. The van der Waals surface area contributed by atoms with Crippen LogP contribution in [0.3, 0.4) is 0 Å². The van der Waals surface area contributed by atoms with Crippen molar-refractivity contribution in [1.82, 2.24) is 0 Å². The summed E-state index contributed by atoms with van der Waals surface area (Å²) < 4.78 is 5.27. The third-order valence-electron chi connectivity index (χ3n) is 3.65. The summed E-state index contributed by atoms with van der Waals surface area (Å²) in [5.41, 5.74) is -0.647. The van der Waals surface area contributed by atoms with Gasteiger partial charge in [-0.05, 0) is 25.3 Å². The summed E-state index contributed by atoms with van der Waals surface area (Å²) in [4.78, 5) is 11.8. The summed E-state index contributed by atoms with van der Waals surface area (Å²) >= 11 is 11.2. The molecular weight excluding hydrogens is 235 g/mol. The predicted octanol–water partition coefficient (Wildman–Crippen LogP) is 3.53. The summed E-state index contributed by atoms with van der Waals surface area (Å²) in [6.07, 6.45) is 1.72. The Balaban J connectivity index is 2.88. The molecule has 1 saturated carbocycles. The van der Waals surface area contributed by atoms with Gasteiger partial charge in [-0.3, -0.25) is 4.79 Å². The van der Waals surface area contributed by atoms with E-state index in [9.17, 15) is 4.79 Å². The van der Waals surface area contributed by atoms with Crippen LogP contribution in [0, 0.1) is 16.7 Å². The second kappa shape index (κ2) is 3.99. The summed E-state index contributed by atoms with van der Waals surface area (Å²) in [5, 5.41) is 0. The molecule has 0 saturated heterocycles. The molecule has 0 heterocycles. The zero-order valence-electron chi connectivity index (χ0n) is 9.43.